The van der Waals surface area contributed by atoms with Crippen molar-refractivity contribution in [2.24, 2.45) is 0 Å². The van der Waals surface area contributed by atoms with Crippen LogP contribution in [-0.2, 0) is 6.18 Å². The number of halogens is 5. The highest BCUT2D eigenvalue weighted by atomic mass is 19.4. The molecule has 2 nitrogen and oxygen atoms in total. The lowest BCUT2D eigenvalue weighted by Gasteiger charge is -2.09. The molecule has 0 unspecified atom stereocenters. The Hall–Kier alpha value is -1.66. The summed E-state index contributed by atoms with van der Waals surface area (Å²) in [7, 11) is 0. The number of carboxylic acid groups (broad SMARTS) is 1. The molecule has 0 aliphatic heterocycles. The first kappa shape index (κ1) is 11.4. The van der Waals surface area contributed by atoms with Gasteiger partial charge in [0.25, 0.3) is 0 Å². The van der Waals surface area contributed by atoms with Gasteiger partial charge in [0.05, 0.1) is 11.1 Å². The molecule has 0 aromatic heterocycles. The van der Waals surface area contributed by atoms with Crippen molar-refractivity contribution in [2.45, 2.75) is 6.18 Å². The molecule has 1 rings (SSSR count). The molecule has 1 aromatic carbocycles. The van der Waals surface area contributed by atoms with E-state index in [1.165, 1.54) is 0 Å². The highest BCUT2D eigenvalue weighted by Gasteiger charge is 2.36. The van der Waals surface area contributed by atoms with Gasteiger partial charge in [0.15, 0.2) is 0 Å². The molecule has 0 amide bonds. The molecule has 0 aliphatic rings. The van der Waals surface area contributed by atoms with Crippen molar-refractivity contribution in [3.8, 4) is 0 Å². The number of hydrogen-bond acceptors (Lipinski definition) is 1. The molecule has 7 heteroatoms. The van der Waals surface area contributed by atoms with Crippen LogP contribution in [-0.4, -0.2) is 11.1 Å². The largest absolute Gasteiger partial charge is 0.478 e. The molecule has 0 radical (unpaired) electrons. The Morgan fingerprint density at radius 2 is 1.73 bits per heavy atom. The molecule has 0 heterocycles. The van der Waals surface area contributed by atoms with Crippen LogP contribution in [0, 0.1) is 11.6 Å². The summed E-state index contributed by atoms with van der Waals surface area (Å²) in [6, 6.07) is 0.0919. The molecule has 82 valence electrons. The lowest BCUT2D eigenvalue weighted by molar-refractivity contribution is -0.140. The monoisotopic (exact) mass is 226 g/mol. The number of alkyl halides is 3. The van der Waals surface area contributed by atoms with Gasteiger partial charge in [-0.05, 0) is 12.1 Å². The van der Waals surface area contributed by atoms with E-state index in [1.807, 2.05) is 0 Å². The normalized spacial score (nSPS) is 11.5. The van der Waals surface area contributed by atoms with Crippen molar-refractivity contribution in [1.82, 2.24) is 0 Å². The second-order valence-corrected chi connectivity index (χ2v) is 2.62. The van der Waals surface area contributed by atoms with Gasteiger partial charge >= 0.3 is 12.1 Å². The molecule has 0 saturated carbocycles. The van der Waals surface area contributed by atoms with Crippen LogP contribution in [0.2, 0.25) is 0 Å². The van der Waals surface area contributed by atoms with E-state index in [0.717, 1.165) is 0 Å². The smallest absolute Gasteiger partial charge is 0.419 e. The van der Waals surface area contributed by atoms with Crippen molar-refractivity contribution in [3.05, 3.63) is 34.9 Å². The summed E-state index contributed by atoms with van der Waals surface area (Å²) < 4.78 is 61.7. The molecule has 15 heavy (non-hydrogen) atoms. The van der Waals surface area contributed by atoms with Gasteiger partial charge in [0.1, 0.15) is 11.6 Å². The average Bonchev–Trinajstić information content (AvgIpc) is 2.06. The van der Waals surface area contributed by atoms with Crippen LogP contribution in [0.1, 0.15) is 15.9 Å². The van der Waals surface area contributed by atoms with Crippen LogP contribution in [0.5, 0.6) is 0 Å². The van der Waals surface area contributed by atoms with E-state index in [9.17, 15) is 26.7 Å². The van der Waals surface area contributed by atoms with Crippen molar-refractivity contribution < 1.29 is 31.9 Å². The first-order valence-corrected chi connectivity index (χ1v) is 3.53. The van der Waals surface area contributed by atoms with Gasteiger partial charge in [-0.1, -0.05) is 0 Å². The summed E-state index contributed by atoms with van der Waals surface area (Å²) in [6.07, 6.45) is -5.13. The van der Waals surface area contributed by atoms with Gasteiger partial charge in [-0.15, -0.1) is 0 Å². The van der Waals surface area contributed by atoms with Crippen LogP contribution >= 0.6 is 0 Å². The highest BCUT2D eigenvalue weighted by molar-refractivity contribution is 5.88. The van der Waals surface area contributed by atoms with Crippen molar-refractivity contribution in [3.63, 3.8) is 0 Å². The minimum Gasteiger partial charge on any atom is -0.478 e. The van der Waals surface area contributed by atoms with Crippen LogP contribution in [0.15, 0.2) is 12.1 Å². The summed E-state index contributed by atoms with van der Waals surface area (Å²) in [5.41, 5.74) is -3.28. The van der Waals surface area contributed by atoms with E-state index >= 15 is 0 Å². The molecular weight excluding hydrogens is 223 g/mol. The fourth-order valence-electron chi connectivity index (χ4n) is 0.951. The van der Waals surface area contributed by atoms with E-state index in [2.05, 4.69) is 0 Å². The maximum Gasteiger partial charge on any atom is 0.419 e. The minimum atomic E-state index is -5.13. The Morgan fingerprint density at radius 3 is 2.13 bits per heavy atom. The topological polar surface area (TPSA) is 37.3 Å². The molecule has 0 fully saturated rings. The Kier molecular flexibility index (Phi) is 2.65. The summed E-state index contributed by atoms with van der Waals surface area (Å²) >= 11 is 0. The van der Waals surface area contributed by atoms with Crippen LogP contribution in [0.4, 0.5) is 22.0 Å². The second-order valence-electron chi connectivity index (χ2n) is 2.62. The van der Waals surface area contributed by atoms with Gasteiger partial charge < -0.3 is 5.11 Å². The molecule has 0 spiro atoms. The first-order chi connectivity index (χ1) is 6.73. The molecule has 0 atom stereocenters. The summed E-state index contributed by atoms with van der Waals surface area (Å²) in [4.78, 5) is 10.3. The van der Waals surface area contributed by atoms with Gasteiger partial charge in [-0.3, -0.25) is 0 Å². The Morgan fingerprint density at radius 1 is 1.20 bits per heavy atom. The summed E-state index contributed by atoms with van der Waals surface area (Å²) in [5, 5.41) is 8.31. The molecular formula is C8H3F5O2. The standard InChI is InChI=1S/C8H3F5O2/c9-3-1-4(7(14)15)6(10)5(2-3)8(11,12)13/h1-2H,(H,14,15). The fourth-order valence-corrected chi connectivity index (χ4v) is 0.951. The SMILES string of the molecule is O=C(O)c1cc(F)cc(C(F)(F)F)c1F. The molecule has 1 aromatic rings. The zero-order valence-corrected chi connectivity index (χ0v) is 6.90. The second kappa shape index (κ2) is 3.48. The third-order valence-corrected chi connectivity index (χ3v) is 1.57. The minimum absolute atomic E-state index is 0.0955. The first-order valence-electron chi connectivity index (χ1n) is 3.53. The van der Waals surface area contributed by atoms with Gasteiger partial charge in [0, 0.05) is 0 Å². The van der Waals surface area contributed by atoms with E-state index in [-0.39, 0.29) is 12.1 Å². The Balaban J connectivity index is 3.49. The lowest BCUT2D eigenvalue weighted by atomic mass is 10.1. The van der Waals surface area contributed by atoms with Crippen LogP contribution < -0.4 is 0 Å². The average molecular weight is 226 g/mol. The zero-order chi connectivity index (χ0) is 11.8. The van der Waals surface area contributed by atoms with E-state index < -0.39 is 34.9 Å². The molecule has 0 aliphatic carbocycles. The number of hydrogen-bond donors (Lipinski definition) is 1. The number of rotatable bonds is 1. The number of aromatic carboxylic acids is 1. The maximum absolute atomic E-state index is 12.9. The maximum atomic E-state index is 12.9. The van der Waals surface area contributed by atoms with Gasteiger partial charge in [-0.25, -0.2) is 13.6 Å². The molecule has 0 saturated heterocycles. The highest BCUT2D eigenvalue weighted by Crippen LogP contribution is 2.33. The molecule has 1 N–H and O–H groups in total. The number of benzene rings is 1. The van der Waals surface area contributed by atoms with Crippen molar-refractivity contribution in [1.29, 1.82) is 0 Å². The summed E-state index contributed by atoms with van der Waals surface area (Å²) in [5.74, 6) is -5.41. The fraction of sp³-hybridized carbons (Fsp3) is 0.125. The van der Waals surface area contributed by atoms with E-state index in [1.54, 1.807) is 0 Å². The zero-order valence-electron chi connectivity index (χ0n) is 6.90. The predicted molar refractivity (Wildman–Crippen MR) is 38.3 cm³/mol. The van der Waals surface area contributed by atoms with Gasteiger partial charge in [0.2, 0.25) is 0 Å². The molecule has 0 bridgehead atoms. The number of carbonyl (C=O) groups is 1. The third kappa shape index (κ3) is 2.23. The van der Waals surface area contributed by atoms with Crippen LogP contribution in [0.3, 0.4) is 0 Å². The number of carboxylic acids is 1. The van der Waals surface area contributed by atoms with Crippen LogP contribution in [0.25, 0.3) is 0 Å². The predicted octanol–water partition coefficient (Wildman–Crippen LogP) is 2.68. The third-order valence-electron chi connectivity index (χ3n) is 1.57. The van der Waals surface area contributed by atoms with E-state index in [0.29, 0.717) is 0 Å². The summed E-state index contributed by atoms with van der Waals surface area (Å²) in [6.45, 7) is 0. The Bertz CT molecular complexity index is 410. The van der Waals surface area contributed by atoms with E-state index in [4.69, 9.17) is 5.11 Å². The van der Waals surface area contributed by atoms with Gasteiger partial charge in [-0.2, -0.15) is 13.2 Å². The van der Waals surface area contributed by atoms with Crippen molar-refractivity contribution in [2.75, 3.05) is 0 Å². The lowest BCUT2D eigenvalue weighted by Crippen LogP contribution is -2.13. The Labute approximate surface area is 79.9 Å². The quantitative estimate of drug-likeness (QED) is 0.747. The van der Waals surface area contributed by atoms with Crippen molar-refractivity contribution >= 4 is 5.97 Å².